The van der Waals surface area contributed by atoms with Crippen LogP contribution in [0, 0.1) is 5.92 Å². The summed E-state index contributed by atoms with van der Waals surface area (Å²) in [6.45, 7) is 0.492. The maximum absolute atomic E-state index is 11.2. The minimum Gasteiger partial charge on any atom is -0.489 e. The minimum atomic E-state index is -1.26. The van der Waals surface area contributed by atoms with Gasteiger partial charge in [-0.1, -0.05) is 42.5 Å². The Morgan fingerprint density at radius 1 is 1.05 bits per heavy atom. The summed E-state index contributed by atoms with van der Waals surface area (Å²) in [4.78, 5) is 11.2. The number of hydrogen-bond donors (Lipinski definition) is 3. The summed E-state index contributed by atoms with van der Waals surface area (Å²) < 4.78 is 5.68. The molecule has 2 unspecified atom stereocenters. The van der Waals surface area contributed by atoms with Gasteiger partial charge in [0.05, 0.1) is 5.92 Å². The van der Waals surface area contributed by atoms with Gasteiger partial charge in [-0.2, -0.15) is 0 Å². The smallest absolute Gasteiger partial charge is 0.224 e. The van der Waals surface area contributed by atoms with Gasteiger partial charge in [0, 0.05) is 0 Å². The number of benzene rings is 2. The van der Waals surface area contributed by atoms with E-state index in [4.69, 9.17) is 16.2 Å². The number of nitrogens with two attached hydrogens (primary N) is 2. The van der Waals surface area contributed by atoms with Gasteiger partial charge in [0.25, 0.3) is 0 Å². The highest BCUT2D eigenvalue weighted by Gasteiger charge is 2.21. The summed E-state index contributed by atoms with van der Waals surface area (Å²) in [6.07, 6.45) is -0.960. The number of rotatable bonds is 7. The van der Waals surface area contributed by atoms with Crippen molar-refractivity contribution in [2.75, 3.05) is 0 Å². The maximum atomic E-state index is 11.2. The molecule has 0 saturated carbocycles. The molecular weight excluding hydrogens is 280 g/mol. The first-order valence-electron chi connectivity index (χ1n) is 7.05. The summed E-state index contributed by atoms with van der Waals surface area (Å²) in [7, 11) is 0. The highest BCUT2D eigenvalue weighted by atomic mass is 16.5. The number of aliphatic hydroxyl groups is 1. The van der Waals surface area contributed by atoms with Gasteiger partial charge in [-0.3, -0.25) is 4.79 Å². The molecule has 0 aliphatic rings. The predicted octanol–water partition coefficient (Wildman–Crippen LogP) is 1.19. The Hall–Kier alpha value is -2.37. The number of primary amides is 1. The van der Waals surface area contributed by atoms with E-state index in [-0.39, 0.29) is 0 Å². The number of carbonyl (C=O) groups is 1. The number of amides is 1. The van der Waals surface area contributed by atoms with Crippen molar-refractivity contribution in [3.05, 3.63) is 65.7 Å². The molecule has 2 atom stereocenters. The molecule has 116 valence electrons. The van der Waals surface area contributed by atoms with Crippen molar-refractivity contribution in [3.63, 3.8) is 0 Å². The van der Waals surface area contributed by atoms with E-state index in [2.05, 4.69) is 0 Å². The lowest BCUT2D eigenvalue weighted by Crippen LogP contribution is -2.40. The van der Waals surface area contributed by atoms with Crippen LogP contribution < -0.4 is 16.2 Å². The topological polar surface area (TPSA) is 98.6 Å². The van der Waals surface area contributed by atoms with Crippen molar-refractivity contribution in [3.8, 4) is 5.75 Å². The second kappa shape index (κ2) is 7.59. The SMILES string of the molecule is NC(=O)C(Cc1ccc(OCc2ccccc2)cc1)C(N)O. The molecule has 0 aliphatic heterocycles. The first-order chi connectivity index (χ1) is 10.6. The second-order valence-electron chi connectivity index (χ2n) is 5.12. The fourth-order valence-electron chi connectivity index (χ4n) is 2.11. The average Bonchev–Trinajstić information content (AvgIpc) is 2.52. The summed E-state index contributed by atoms with van der Waals surface area (Å²) >= 11 is 0. The summed E-state index contributed by atoms with van der Waals surface area (Å²) in [5.74, 6) is -0.674. The maximum Gasteiger partial charge on any atom is 0.224 e. The molecule has 2 aromatic carbocycles. The van der Waals surface area contributed by atoms with Gasteiger partial charge in [0.15, 0.2) is 0 Å². The lowest BCUT2D eigenvalue weighted by molar-refractivity contribution is -0.125. The zero-order valence-corrected chi connectivity index (χ0v) is 12.2. The molecule has 0 aromatic heterocycles. The van der Waals surface area contributed by atoms with E-state index in [1.807, 2.05) is 54.6 Å². The molecule has 1 amide bonds. The van der Waals surface area contributed by atoms with Gasteiger partial charge >= 0.3 is 0 Å². The third-order valence-corrected chi connectivity index (χ3v) is 3.40. The fourth-order valence-corrected chi connectivity index (χ4v) is 2.11. The van der Waals surface area contributed by atoms with Gasteiger partial charge in [0.2, 0.25) is 5.91 Å². The van der Waals surface area contributed by atoms with Crippen LogP contribution in [0.15, 0.2) is 54.6 Å². The largest absolute Gasteiger partial charge is 0.489 e. The minimum absolute atomic E-state index is 0.298. The molecule has 5 N–H and O–H groups in total. The zero-order valence-electron chi connectivity index (χ0n) is 12.2. The van der Waals surface area contributed by atoms with Crippen LogP contribution in [-0.4, -0.2) is 17.2 Å². The molecule has 0 aliphatic carbocycles. The van der Waals surface area contributed by atoms with E-state index in [1.54, 1.807) is 0 Å². The molecule has 2 rings (SSSR count). The summed E-state index contributed by atoms with van der Waals surface area (Å²) in [5.41, 5.74) is 12.5. The van der Waals surface area contributed by atoms with Crippen molar-refractivity contribution < 1.29 is 14.6 Å². The van der Waals surface area contributed by atoms with Crippen LogP contribution in [0.4, 0.5) is 0 Å². The average molecular weight is 300 g/mol. The molecular formula is C17H20N2O3. The Morgan fingerprint density at radius 2 is 1.68 bits per heavy atom. The molecule has 2 aromatic rings. The van der Waals surface area contributed by atoms with E-state index >= 15 is 0 Å². The monoisotopic (exact) mass is 300 g/mol. The molecule has 0 fully saturated rings. The van der Waals surface area contributed by atoms with E-state index in [0.717, 1.165) is 16.9 Å². The highest BCUT2D eigenvalue weighted by Crippen LogP contribution is 2.17. The Kier molecular flexibility index (Phi) is 5.52. The first-order valence-corrected chi connectivity index (χ1v) is 7.05. The van der Waals surface area contributed by atoms with E-state index in [1.165, 1.54) is 0 Å². The van der Waals surface area contributed by atoms with Crippen molar-refractivity contribution in [2.45, 2.75) is 19.3 Å². The summed E-state index contributed by atoms with van der Waals surface area (Å²) in [5, 5.41) is 9.36. The number of carbonyl (C=O) groups excluding carboxylic acids is 1. The van der Waals surface area contributed by atoms with E-state index in [9.17, 15) is 9.90 Å². The van der Waals surface area contributed by atoms with Gasteiger partial charge in [-0.15, -0.1) is 0 Å². The lowest BCUT2D eigenvalue weighted by Gasteiger charge is -2.16. The van der Waals surface area contributed by atoms with Crippen LogP contribution >= 0.6 is 0 Å². The van der Waals surface area contributed by atoms with Crippen LogP contribution in [0.2, 0.25) is 0 Å². The molecule has 0 heterocycles. The zero-order chi connectivity index (χ0) is 15.9. The fraction of sp³-hybridized carbons (Fsp3) is 0.235. The molecule has 5 heteroatoms. The third kappa shape index (κ3) is 4.58. The van der Waals surface area contributed by atoms with Crippen molar-refractivity contribution in [2.24, 2.45) is 17.4 Å². The lowest BCUT2D eigenvalue weighted by atomic mass is 9.97. The number of hydrogen-bond acceptors (Lipinski definition) is 4. The van der Waals surface area contributed by atoms with Gasteiger partial charge in [0.1, 0.15) is 18.6 Å². The van der Waals surface area contributed by atoms with E-state index in [0.29, 0.717) is 13.0 Å². The highest BCUT2D eigenvalue weighted by molar-refractivity contribution is 5.77. The van der Waals surface area contributed by atoms with Crippen LogP contribution in [0.5, 0.6) is 5.75 Å². The Labute approximate surface area is 129 Å². The molecule has 22 heavy (non-hydrogen) atoms. The number of ether oxygens (including phenoxy) is 1. The van der Waals surface area contributed by atoms with Gasteiger partial charge in [-0.05, 0) is 29.7 Å². The Morgan fingerprint density at radius 3 is 2.23 bits per heavy atom. The van der Waals surface area contributed by atoms with Gasteiger partial charge < -0.3 is 21.3 Å². The van der Waals surface area contributed by atoms with E-state index < -0.39 is 18.1 Å². The molecule has 5 nitrogen and oxygen atoms in total. The molecule has 0 bridgehead atoms. The molecule has 0 saturated heterocycles. The van der Waals surface area contributed by atoms with Crippen LogP contribution in [-0.2, 0) is 17.8 Å². The van der Waals surface area contributed by atoms with Crippen molar-refractivity contribution in [1.82, 2.24) is 0 Å². The van der Waals surface area contributed by atoms with Crippen LogP contribution in [0.1, 0.15) is 11.1 Å². The van der Waals surface area contributed by atoms with Crippen LogP contribution in [0.25, 0.3) is 0 Å². The summed E-state index contributed by atoms with van der Waals surface area (Å²) in [6, 6.07) is 17.2. The molecule has 0 spiro atoms. The third-order valence-electron chi connectivity index (χ3n) is 3.40. The van der Waals surface area contributed by atoms with Crippen LogP contribution in [0.3, 0.4) is 0 Å². The van der Waals surface area contributed by atoms with Crippen molar-refractivity contribution >= 4 is 5.91 Å². The second-order valence-corrected chi connectivity index (χ2v) is 5.12. The normalized spacial score (nSPS) is 13.4. The quantitative estimate of drug-likeness (QED) is 0.669. The Balaban J connectivity index is 1.94. The molecule has 0 radical (unpaired) electrons. The standard InChI is InChI=1S/C17H20N2O3/c18-16(20)15(17(19)21)10-12-6-8-14(9-7-12)22-11-13-4-2-1-3-5-13/h1-9,15-16,20H,10-11,18H2,(H2,19,21). The van der Waals surface area contributed by atoms with Crippen molar-refractivity contribution in [1.29, 1.82) is 0 Å². The first kappa shape index (κ1) is 16.0. The predicted molar refractivity (Wildman–Crippen MR) is 83.8 cm³/mol. The Bertz CT molecular complexity index is 597. The number of aliphatic hydroxyl groups excluding tert-OH is 1. The van der Waals surface area contributed by atoms with Gasteiger partial charge in [-0.25, -0.2) is 0 Å².